The van der Waals surface area contributed by atoms with Gasteiger partial charge in [0, 0.05) is 11.1 Å². The predicted octanol–water partition coefficient (Wildman–Crippen LogP) is 1.86. The second-order valence-electron chi connectivity index (χ2n) is 3.80. The van der Waals surface area contributed by atoms with Crippen LogP contribution in [-0.2, 0) is 0 Å². The summed E-state index contributed by atoms with van der Waals surface area (Å²) in [4.78, 5) is 11.7. The minimum Gasteiger partial charge on any atom is -0.508 e. The van der Waals surface area contributed by atoms with Gasteiger partial charge in [-0.1, -0.05) is 12.1 Å². The molecular formula is C14H12N2O3. The van der Waals surface area contributed by atoms with Crippen molar-refractivity contribution in [3.05, 3.63) is 59.7 Å². The number of amides is 1. The van der Waals surface area contributed by atoms with Crippen LogP contribution in [0.3, 0.4) is 0 Å². The zero-order valence-corrected chi connectivity index (χ0v) is 9.95. The third-order valence-electron chi connectivity index (χ3n) is 2.44. The second-order valence-corrected chi connectivity index (χ2v) is 3.80. The van der Waals surface area contributed by atoms with Gasteiger partial charge in [-0.15, -0.1) is 0 Å². The summed E-state index contributed by atoms with van der Waals surface area (Å²) in [6.45, 7) is 0. The van der Waals surface area contributed by atoms with Crippen molar-refractivity contribution in [1.82, 2.24) is 5.43 Å². The quantitative estimate of drug-likeness (QED) is 0.579. The molecule has 0 aliphatic rings. The molecule has 0 aromatic heterocycles. The van der Waals surface area contributed by atoms with Gasteiger partial charge in [-0.25, -0.2) is 5.43 Å². The van der Waals surface area contributed by atoms with E-state index in [2.05, 4.69) is 10.5 Å². The van der Waals surface area contributed by atoms with Crippen LogP contribution in [0.4, 0.5) is 0 Å². The molecule has 19 heavy (non-hydrogen) atoms. The van der Waals surface area contributed by atoms with Crippen LogP contribution in [0, 0.1) is 0 Å². The smallest absolute Gasteiger partial charge is 0.271 e. The number of para-hydroxylation sites is 1. The number of phenolic OH excluding ortho intramolecular Hbond substituents is 2. The number of rotatable bonds is 3. The summed E-state index contributed by atoms with van der Waals surface area (Å²) in [7, 11) is 0. The molecule has 0 bridgehead atoms. The minimum atomic E-state index is -0.397. The van der Waals surface area contributed by atoms with Crippen LogP contribution in [0.25, 0.3) is 0 Å². The number of hydrazone groups is 1. The number of nitrogens with one attached hydrogen (secondary N) is 1. The van der Waals surface area contributed by atoms with Crippen LogP contribution >= 0.6 is 0 Å². The van der Waals surface area contributed by atoms with Gasteiger partial charge in [-0.3, -0.25) is 4.79 Å². The first-order chi connectivity index (χ1) is 9.16. The van der Waals surface area contributed by atoms with E-state index in [1.807, 2.05) is 0 Å². The molecule has 5 heteroatoms. The Morgan fingerprint density at radius 3 is 2.42 bits per heavy atom. The Hall–Kier alpha value is -2.82. The molecule has 0 spiro atoms. The third-order valence-corrected chi connectivity index (χ3v) is 2.44. The zero-order chi connectivity index (χ0) is 13.7. The molecule has 0 unspecified atom stereocenters. The number of benzene rings is 2. The van der Waals surface area contributed by atoms with Crippen molar-refractivity contribution in [1.29, 1.82) is 0 Å². The number of nitrogens with zero attached hydrogens (tertiary/aromatic N) is 1. The highest BCUT2D eigenvalue weighted by molar-refractivity contribution is 5.95. The van der Waals surface area contributed by atoms with Crippen molar-refractivity contribution in [2.45, 2.75) is 0 Å². The molecular weight excluding hydrogens is 244 g/mol. The van der Waals surface area contributed by atoms with Crippen molar-refractivity contribution in [2.75, 3.05) is 0 Å². The average Bonchev–Trinajstić information content (AvgIpc) is 2.41. The largest absolute Gasteiger partial charge is 0.508 e. The summed E-state index contributed by atoms with van der Waals surface area (Å²) in [6.07, 6.45) is 1.35. The lowest BCUT2D eigenvalue weighted by Crippen LogP contribution is -2.17. The van der Waals surface area contributed by atoms with E-state index in [0.717, 1.165) is 0 Å². The lowest BCUT2D eigenvalue weighted by molar-refractivity contribution is 0.0955. The summed E-state index contributed by atoms with van der Waals surface area (Å²) >= 11 is 0. The molecule has 0 saturated heterocycles. The van der Waals surface area contributed by atoms with Crippen LogP contribution < -0.4 is 5.43 Å². The maximum atomic E-state index is 11.7. The van der Waals surface area contributed by atoms with Crippen molar-refractivity contribution < 1.29 is 15.0 Å². The van der Waals surface area contributed by atoms with Gasteiger partial charge in [0.2, 0.25) is 0 Å². The predicted molar refractivity (Wildman–Crippen MR) is 71.3 cm³/mol. The molecule has 2 rings (SSSR count). The highest BCUT2D eigenvalue weighted by Crippen LogP contribution is 2.12. The Labute approximate surface area is 109 Å². The van der Waals surface area contributed by atoms with Crippen molar-refractivity contribution >= 4 is 12.1 Å². The summed E-state index contributed by atoms with van der Waals surface area (Å²) in [5.74, 6) is -0.217. The maximum absolute atomic E-state index is 11.7. The number of carbonyl (C=O) groups excluding carboxylic acids is 1. The molecule has 1 amide bonds. The maximum Gasteiger partial charge on any atom is 0.271 e. The van der Waals surface area contributed by atoms with Crippen molar-refractivity contribution in [2.24, 2.45) is 5.10 Å². The summed E-state index contributed by atoms with van der Waals surface area (Å²) in [5, 5.41) is 22.4. The first-order valence-corrected chi connectivity index (χ1v) is 5.57. The van der Waals surface area contributed by atoms with E-state index in [4.69, 9.17) is 5.11 Å². The Bertz CT molecular complexity index is 606. The number of aromatic hydroxyl groups is 2. The van der Waals surface area contributed by atoms with Crippen LogP contribution in [0.15, 0.2) is 53.6 Å². The minimum absolute atomic E-state index is 0.0881. The van der Waals surface area contributed by atoms with Gasteiger partial charge in [-0.05, 0) is 36.4 Å². The van der Waals surface area contributed by atoms with Crippen LogP contribution in [0.1, 0.15) is 15.9 Å². The topological polar surface area (TPSA) is 81.9 Å². The molecule has 0 radical (unpaired) electrons. The van der Waals surface area contributed by atoms with Crippen molar-refractivity contribution in [3.63, 3.8) is 0 Å². The molecule has 2 aromatic rings. The number of carbonyl (C=O) groups is 1. The SMILES string of the molecule is O=C(N/N=C\c1ccccc1O)c1ccc(O)cc1. The molecule has 0 atom stereocenters. The monoisotopic (exact) mass is 256 g/mol. The Morgan fingerprint density at radius 2 is 1.74 bits per heavy atom. The normalized spacial score (nSPS) is 10.5. The molecule has 0 aliphatic carbocycles. The van der Waals surface area contributed by atoms with Gasteiger partial charge in [-0.2, -0.15) is 5.10 Å². The van der Waals surface area contributed by atoms with E-state index in [1.54, 1.807) is 18.2 Å². The fourth-order valence-corrected chi connectivity index (χ4v) is 1.43. The average molecular weight is 256 g/mol. The fourth-order valence-electron chi connectivity index (χ4n) is 1.43. The lowest BCUT2D eigenvalue weighted by Gasteiger charge is -2.00. The molecule has 0 heterocycles. The van der Waals surface area contributed by atoms with Gasteiger partial charge in [0.1, 0.15) is 11.5 Å². The molecule has 0 aliphatic heterocycles. The third kappa shape index (κ3) is 3.32. The Balaban J connectivity index is 2.01. The first-order valence-electron chi connectivity index (χ1n) is 5.57. The molecule has 0 fully saturated rings. The van der Waals surface area contributed by atoms with E-state index in [9.17, 15) is 9.90 Å². The zero-order valence-electron chi connectivity index (χ0n) is 9.95. The molecule has 96 valence electrons. The number of hydrogen-bond donors (Lipinski definition) is 3. The van der Waals surface area contributed by atoms with Gasteiger partial charge in [0.15, 0.2) is 0 Å². The highest BCUT2D eigenvalue weighted by atomic mass is 16.3. The second kappa shape index (κ2) is 5.68. The lowest BCUT2D eigenvalue weighted by atomic mass is 10.2. The van der Waals surface area contributed by atoms with Crippen molar-refractivity contribution in [3.8, 4) is 11.5 Å². The highest BCUT2D eigenvalue weighted by Gasteiger charge is 2.03. The Kier molecular flexibility index (Phi) is 3.78. The van der Waals surface area contributed by atoms with Gasteiger partial charge >= 0.3 is 0 Å². The van der Waals surface area contributed by atoms with Crippen LogP contribution in [0.2, 0.25) is 0 Å². The van der Waals surface area contributed by atoms with Crippen LogP contribution in [0.5, 0.6) is 11.5 Å². The van der Waals surface area contributed by atoms with Gasteiger partial charge in [0.05, 0.1) is 6.21 Å². The number of hydrogen-bond acceptors (Lipinski definition) is 4. The Morgan fingerprint density at radius 1 is 1.05 bits per heavy atom. The van der Waals surface area contributed by atoms with E-state index < -0.39 is 5.91 Å². The fraction of sp³-hybridized carbons (Fsp3) is 0. The van der Waals surface area contributed by atoms with Gasteiger partial charge in [0.25, 0.3) is 5.91 Å². The molecule has 5 nitrogen and oxygen atoms in total. The molecule has 3 N–H and O–H groups in total. The summed E-state index contributed by atoms with van der Waals surface area (Å²) in [5.41, 5.74) is 3.22. The summed E-state index contributed by atoms with van der Waals surface area (Å²) in [6, 6.07) is 12.5. The van der Waals surface area contributed by atoms with E-state index >= 15 is 0 Å². The van der Waals surface area contributed by atoms with E-state index in [1.165, 1.54) is 36.5 Å². The van der Waals surface area contributed by atoms with Gasteiger partial charge < -0.3 is 10.2 Å². The standard InChI is InChI=1S/C14H12N2O3/c17-12-7-5-10(6-8-12)14(19)16-15-9-11-3-1-2-4-13(11)18/h1-9,17-18H,(H,16,19)/b15-9-. The first kappa shape index (κ1) is 12.6. The van der Waals surface area contributed by atoms with E-state index in [-0.39, 0.29) is 11.5 Å². The molecule has 2 aromatic carbocycles. The molecule has 0 saturated carbocycles. The summed E-state index contributed by atoms with van der Waals surface area (Å²) < 4.78 is 0. The van der Waals surface area contributed by atoms with Crippen LogP contribution in [-0.4, -0.2) is 22.3 Å². The van der Waals surface area contributed by atoms with E-state index in [0.29, 0.717) is 11.1 Å². The number of phenols is 2.